The van der Waals surface area contributed by atoms with E-state index in [0.717, 1.165) is 23.2 Å². The molecule has 1 aliphatic heterocycles. The Morgan fingerprint density at radius 3 is 2.57 bits per heavy atom. The van der Waals surface area contributed by atoms with Gasteiger partial charge in [0.05, 0.1) is 18.8 Å². The molecule has 0 saturated carbocycles. The molecule has 0 spiro atoms. The van der Waals surface area contributed by atoms with Gasteiger partial charge in [-0.05, 0) is 28.3 Å². The van der Waals surface area contributed by atoms with Crippen LogP contribution in [0.3, 0.4) is 0 Å². The van der Waals surface area contributed by atoms with E-state index in [1.54, 1.807) is 23.6 Å². The first-order valence-electron chi connectivity index (χ1n) is 9.96. The van der Waals surface area contributed by atoms with Gasteiger partial charge in [0, 0.05) is 38.6 Å². The standard InChI is InChI=1S/C24H24N4O2/c1-18(29)28-12-10-21-4-2-3-5-22(21)23(28)14-24(30)26-15-19-6-8-20(9-7-19)16-27-13-11-25-17-27/h2-13,17,23H,14-16H2,1H3,(H,26,30)/t23-/m1/s1. The Balaban J connectivity index is 1.37. The Morgan fingerprint density at radius 2 is 1.83 bits per heavy atom. The lowest BCUT2D eigenvalue weighted by molar-refractivity contribution is -0.130. The quantitative estimate of drug-likeness (QED) is 0.689. The van der Waals surface area contributed by atoms with E-state index < -0.39 is 0 Å². The fraction of sp³-hybridized carbons (Fsp3) is 0.208. The Bertz CT molecular complexity index is 1060. The van der Waals surface area contributed by atoms with E-state index in [4.69, 9.17) is 0 Å². The van der Waals surface area contributed by atoms with Crippen molar-refractivity contribution in [3.63, 3.8) is 0 Å². The predicted octanol–water partition coefficient (Wildman–Crippen LogP) is 3.51. The molecule has 1 atom stereocenters. The van der Waals surface area contributed by atoms with E-state index in [1.165, 1.54) is 12.5 Å². The van der Waals surface area contributed by atoms with Crippen LogP contribution in [0.1, 0.15) is 41.6 Å². The van der Waals surface area contributed by atoms with Crippen LogP contribution in [0, 0.1) is 0 Å². The third-order valence-corrected chi connectivity index (χ3v) is 5.28. The normalized spacial score (nSPS) is 15.0. The van der Waals surface area contributed by atoms with Crippen molar-refractivity contribution in [1.82, 2.24) is 19.8 Å². The molecule has 0 radical (unpaired) electrons. The van der Waals surface area contributed by atoms with Crippen LogP contribution in [0.15, 0.2) is 73.5 Å². The summed E-state index contributed by atoms with van der Waals surface area (Å²) in [6.07, 6.45) is 9.38. The van der Waals surface area contributed by atoms with Gasteiger partial charge in [0.25, 0.3) is 0 Å². The van der Waals surface area contributed by atoms with Gasteiger partial charge < -0.3 is 14.8 Å². The zero-order valence-electron chi connectivity index (χ0n) is 16.9. The molecule has 4 rings (SSSR count). The number of amides is 2. The lowest BCUT2D eigenvalue weighted by Gasteiger charge is -2.32. The maximum atomic E-state index is 12.7. The van der Waals surface area contributed by atoms with Gasteiger partial charge in [0.2, 0.25) is 11.8 Å². The first-order valence-corrected chi connectivity index (χ1v) is 9.96. The van der Waals surface area contributed by atoms with Crippen LogP contribution in [0.5, 0.6) is 0 Å². The molecule has 2 amide bonds. The third-order valence-electron chi connectivity index (χ3n) is 5.28. The van der Waals surface area contributed by atoms with Crippen molar-refractivity contribution >= 4 is 17.9 Å². The molecule has 3 aromatic rings. The molecule has 0 bridgehead atoms. The van der Waals surface area contributed by atoms with Crippen LogP contribution in [0.2, 0.25) is 0 Å². The molecule has 1 aliphatic rings. The summed E-state index contributed by atoms with van der Waals surface area (Å²) in [5.74, 6) is -0.161. The summed E-state index contributed by atoms with van der Waals surface area (Å²) in [5, 5.41) is 2.99. The number of carbonyl (C=O) groups is 2. The molecular formula is C24H24N4O2. The minimum Gasteiger partial charge on any atom is -0.352 e. The molecule has 2 heterocycles. The molecule has 6 nitrogen and oxygen atoms in total. The predicted molar refractivity (Wildman–Crippen MR) is 115 cm³/mol. The fourth-order valence-corrected chi connectivity index (χ4v) is 3.72. The molecule has 152 valence electrons. The molecular weight excluding hydrogens is 376 g/mol. The van der Waals surface area contributed by atoms with E-state index >= 15 is 0 Å². The van der Waals surface area contributed by atoms with Crippen molar-refractivity contribution < 1.29 is 9.59 Å². The number of fused-ring (bicyclic) bond motifs is 1. The average Bonchev–Trinajstić information content (AvgIpc) is 3.26. The largest absolute Gasteiger partial charge is 0.352 e. The topological polar surface area (TPSA) is 67.2 Å². The maximum Gasteiger partial charge on any atom is 0.223 e. The maximum absolute atomic E-state index is 12.7. The van der Waals surface area contributed by atoms with Crippen LogP contribution in [0.4, 0.5) is 0 Å². The summed E-state index contributed by atoms with van der Waals surface area (Å²) in [6, 6.07) is 15.7. The minimum atomic E-state index is -0.291. The number of hydrogen-bond acceptors (Lipinski definition) is 3. The van der Waals surface area contributed by atoms with Crippen LogP contribution in [-0.4, -0.2) is 26.3 Å². The first kappa shape index (κ1) is 19.6. The second kappa shape index (κ2) is 8.78. The van der Waals surface area contributed by atoms with Gasteiger partial charge in [0.15, 0.2) is 0 Å². The molecule has 1 N–H and O–H groups in total. The van der Waals surface area contributed by atoms with Gasteiger partial charge in [0.1, 0.15) is 0 Å². The monoisotopic (exact) mass is 400 g/mol. The summed E-state index contributed by atoms with van der Waals surface area (Å²) < 4.78 is 2.01. The van der Waals surface area contributed by atoms with Gasteiger partial charge in [-0.1, -0.05) is 48.5 Å². The number of nitrogens with one attached hydrogen (secondary N) is 1. The van der Waals surface area contributed by atoms with Crippen molar-refractivity contribution in [1.29, 1.82) is 0 Å². The Morgan fingerprint density at radius 1 is 1.07 bits per heavy atom. The number of benzene rings is 2. The van der Waals surface area contributed by atoms with Crippen LogP contribution in [0.25, 0.3) is 6.08 Å². The highest BCUT2D eigenvalue weighted by atomic mass is 16.2. The average molecular weight is 400 g/mol. The van der Waals surface area contributed by atoms with Crippen molar-refractivity contribution in [2.24, 2.45) is 0 Å². The van der Waals surface area contributed by atoms with E-state index in [9.17, 15) is 9.59 Å². The van der Waals surface area contributed by atoms with Crippen LogP contribution in [-0.2, 0) is 22.7 Å². The number of hydrogen-bond donors (Lipinski definition) is 1. The molecule has 0 unspecified atom stereocenters. The molecule has 0 fully saturated rings. The van der Waals surface area contributed by atoms with Crippen LogP contribution < -0.4 is 5.32 Å². The van der Waals surface area contributed by atoms with Gasteiger partial charge in [-0.3, -0.25) is 9.59 Å². The first-order chi connectivity index (χ1) is 14.6. The Hall–Kier alpha value is -3.67. The van der Waals surface area contributed by atoms with Gasteiger partial charge in [-0.2, -0.15) is 0 Å². The summed E-state index contributed by atoms with van der Waals surface area (Å²) >= 11 is 0. The summed E-state index contributed by atoms with van der Waals surface area (Å²) in [4.78, 5) is 30.4. The zero-order chi connectivity index (χ0) is 20.9. The summed E-state index contributed by atoms with van der Waals surface area (Å²) in [6.45, 7) is 2.74. The molecule has 30 heavy (non-hydrogen) atoms. The molecule has 0 saturated heterocycles. The highest BCUT2D eigenvalue weighted by molar-refractivity contribution is 5.81. The van der Waals surface area contributed by atoms with E-state index in [2.05, 4.69) is 22.4 Å². The highest BCUT2D eigenvalue weighted by Gasteiger charge is 2.27. The molecule has 2 aromatic carbocycles. The Labute approximate surface area is 175 Å². The lowest BCUT2D eigenvalue weighted by Crippen LogP contribution is -2.35. The fourth-order valence-electron chi connectivity index (χ4n) is 3.72. The van der Waals surface area contributed by atoms with Gasteiger partial charge in [-0.25, -0.2) is 4.98 Å². The number of imidazole rings is 1. The summed E-state index contributed by atoms with van der Waals surface area (Å²) in [7, 11) is 0. The smallest absolute Gasteiger partial charge is 0.223 e. The van der Waals surface area contributed by atoms with Gasteiger partial charge >= 0.3 is 0 Å². The third kappa shape index (κ3) is 4.49. The number of nitrogens with zero attached hydrogens (tertiary/aromatic N) is 3. The number of rotatable bonds is 6. The molecule has 1 aromatic heterocycles. The minimum absolute atomic E-state index is 0.0768. The van der Waals surface area contributed by atoms with Gasteiger partial charge in [-0.15, -0.1) is 0 Å². The number of aromatic nitrogens is 2. The molecule has 6 heteroatoms. The van der Waals surface area contributed by atoms with Crippen molar-refractivity contribution in [2.45, 2.75) is 32.5 Å². The lowest BCUT2D eigenvalue weighted by atomic mass is 9.93. The SMILES string of the molecule is CC(=O)N1C=Cc2ccccc2[C@H]1CC(=O)NCc1ccc(Cn2ccnc2)cc1. The second-order valence-electron chi connectivity index (χ2n) is 7.42. The van der Waals surface area contributed by atoms with E-state index in [1.807, 2.05) is 53.2 Å². The van der Waals surface area contributed by atoms with E-state index in [-0.39, 0.29) is 24.3 Å². The second-order valence-corrected chi connectivity index (χ2v) is 7.42. The van der Waals surface area contributed by atoms with Crippen molar-refractivity contribution in [3.05, 3.63) is 95.7 Å². The van der Waals surface area contributed by atoms with Crippen molar-refractivity contribution in [3.8, 4) is 0 Å². The highest BCUT2D eigenvalue weighted by Crippen LogP contribution is 2.32. The Kier molecular flexibility index (Phi) is 5.75. The van der Waals surface area contributed by atoms with Crippen molar-refractivity contribution in [2.75, 3.05) is 0 Å². The van der Waals surface area contributed by atoms with E-state index in [0.29, 0.717) is 6.54 Å². The number of carbonyl (C=O) groups excluding carboxylic acids is 2. The summed E-state index contributed by atoms with van der Waals surface area (Å²) in [5.41, 5.74) is 4.24. The van der Waals surface area contributed by atoms with Crippen LogP contribution >= 0.6 is 0 Å². The molecule has 0 aliphatic carbocycles. The zero-order valence-corrected chi connectivity index (χ0v) is 16.9.